The summed E-state index contributed by atoms with van der Waals surface area (Å²) in [6.07, 6.45) is 1.36. The third kappa shape index (κ3) is 3.65. The molecule has 0 aliphatic heterocycles. The van der Waals surface area contributed by atoms with Gasteiger partial charge in [0.2, 0.25) is 0 Å². The molecule has 0 spiro atoms. The molecular formula is C15H14N2O3. The number of hydrogen-bond acceptors (Lipinski definition) is 4. The van der Waals surface area contributed by atoms with Crippen molar-refractivity contribution in [1.29, 1.82) is 0 Å². The number of nitro benzene ring substituents is 1. The molecular weight excluding hydrogens is 256 g/mol. The second-order valence-electron chi connectivity index (χ2n) is 4.31. The summed E-state index contributed by atoms with van der Waals surface area (Å²) in [5.41, 5.74) is 2.58. The molecule has 0 saturated heterocycles. The van der Waals surface area contributed by atoms with E-state index in [1.165, 1.54) is 12.3 Å². The molecule has 20 heavy (non-hydrogen) atoms. The number of para-hydroxylation sites is 1. The zero-order chi connectivity index (χ0) is 14.4. The van der Waals surface area contributed by atoms with Gasteiger partial charge in [-0.05, 0) is 18.6 Å². The largest absolute Gasteiger partial charge is 0.391 e. The quantitative estimate of drug-likeness (QED) is 0.475. The van der Waals surface area contributed by atoms with Gasteiger partial charge in [-0.3, -0.25) is 10.1 Å². The van der Waals surface area contributed by atoms with Crippen molar-refractivity contribution >= 4 is 11.9 Å². The number of nitrogens with zero attached hydrogens (tertiary/aromatic N) is 2. The minimum absolute atomic E-state index is 0.00963. The Morgan fingerprint density at radius 1 is 1.25 bits per heavy atom. The molecule has 0 atom stereocenters. The van der Waals surface area contributed by atoms with Gasteiger partial charge in [0.15, 0.2) is 0 Å². The Morgan fingerprint density at radius 2 is 2.05 bits per heavy atom. The van der Waals surface area contributed by atoms with Crippen LogP contribution in [-0.4, -0.2) is 11.1 Å². The number of benzene rings is 2. The van der Waals surface area contributed by atoms with Crippen LogP contribution < -0.4 is 0 Å². The molecule has 0 unspecified atom stereocenters. The SMILES string of the molecule is Cc1cccc(CO/N=C/c2ccccc2[N+](=O)[O-])c1. The number of hydrogen-bond donors (Lipinski definition) is 0. The first-order valence-corrected chi connectivity index (χ1v) is 6.11. The van der Waals surface area contributed by atoms with Crippen molar-refractivity contribution in [2.45, 2.75) is 13.5 Å². The standard InChI is InChI=1S/C15H14N2O3/c1-12-5-4-6-13(9-12)11-20-16-10-14-7-2-3-8-15(14)17(18)19/h2-10H,11H2,1H3/b16-10+. The maximum absolute atomic E-state index is 10.8. The van der Waals surface area contributed by atoms with E-state index in [0.29, 0.717) is 12.2 Å². The molecule has 5 heteroatoms. The predicted molar refractivity (Wildman–Crippen MR) is 76.7 cm³/mol. The number of oxime groups is 1. The van der Waals surface area contributed by atoms with E-state index in [2.05, 4.69) is 5.16 Å². The average molecular weight is 270 g/mol. The van der Waals surface area contributed by atoms with Crippen molar-refractivity contribution < 1.29 is 9.76 Å². The topological polar surface area (TPSA) is 64.7 Å². The fraction of sp³-hybridized carbons (Fsp3) is 0.133. The second kappa shape index (κ2) is 6.47. The van der Waals surface area contributed by atoms with E-state index in [9.17, 15) is 10.1 Å². The first kappa shape index (κ1) is 13.7. The van der Waals surface area contributed by atoms with Gasteiger partial charge in [-0.1, -0.05) is 47.1 Å². The Balaban J connectivity index is 1.99. The minimum atomic E-state index is -0.443. The first-order valence-electron chi connectivity index (χ1n) is 6.11. The van der Waals surface area contributed by atoms with Crippen molar-refractivity contribution in [2.75, 3.05) is 0 Å². The maximum atomic E-state index is 10.8. The van der Waals surface area contributed by atoms with E-state index in [1.807, 2.05) is 31.2 Å². The summed E-state index contributed by atoms with van der Waals surface area (Å²) in [6.45, 7) is 2.33. The normalized spacial score (nSPS) is 10.7. The Hall–Kier alpha value is -2.69. The summed E-state index contributed by atoms with van der Waals surface area (Å²) < 4.78 is 0. The van der Waals surface area contributed by atoms with Gasteiger partial charge < -0.3 is 4.84 Å². The molecule has 0 saturated carbocycles. The molecule has 0 aliphatic carbocycles. The molecule has 2 aromatic rings. The molecule has 0 aliphatic rings. The predicted octanol–water partition coefficient (Wildman–Crippen LogP) is 3.45. The van der Waals surface area contributed by atoms with Crippen molar-refractivity contribution in [3.63, 3.8) is 0 Å². The van der Waals surface area contributed by atoms with Crippen LogP contribution in [0.3, 0.4) is 0 Å². The van der Waals surface area contributed by atoms with Gasteiger partial charge >= 0.3 is 0 Å². The molecule has 0 radical (unpaired) electrons. The summed E-state index contributed by atoms with van der Waals surface area (Å²) in [5, 5.41) is 14.6. The van der Waals surface area contributed by atoms with Gasteiger partial charge in [-0.2, -0.15) is 0 Å². The lowest BCUT2D eigenvalue weighted by molar-refractivity contribution is -0.385. The number of aryl methyl sites for hydroxylation is 1. The fourth-order valence-corrected chi connectivity index (χ4v) is 1.77. The third-order valence-corrected chi connectivity index (χ3v) is 2.71. The highest BCUT2D eigenvalue weighted by molar-refractivity contribution is 5.84. The third-order valence-electron chi connectivity index (χ3n) is 2.71. The maximum Gasteiger partial charge on any atom is 0.278 e. The van der Waals surface area contributed by atoms with E-state index in [4.69, 9.17) is 4.84 Å². The van der Waals surface area contributed by atoms with Crippen molar-refractivity contribution in [3.8, 4) is 0 Å². The second-order valence-corrected chi connectivity index (χ2v) is 4.31. The van der Waals surface area contributed by atoms with Crippen LogP contribution in [0.2, 0.25) is 0 Å². The van der Waals surface area contributed by atoms with Crippen molar-refractivity contribution in [1.82, 2.24) is 0 Å². The van der Waals surface area contributed by atoms with Gasteiger partial charge in [-0.25, -0.2) is 0 Å². The molecule has 0 N–H and O–H groups in total. The molecule has 0 bridgehead atoms. The van der Waals surface area contributed by atoms with Crippen LogP contribution in [0.15, 0.2) is 53.7 Å². The molecule has 0 fully saturated rings. The van der Waals surface area contributed by atoms with Gasteiger partial charge in [0.25, 0.3) is 5.69 Å². The monoisotopic (exact) mass is 270 g/mol. The van der Waals surface area contributed by atoms with Crippen LogP contribution in [0, 0.1) is 17.0 Å². The van der Waals surface area contributed by atoms with Gasteiger partial charge in [0, 0.05) is 6.07 Å². The van der Waals surface area contributed by atoms with Crippen molar-refractivity contribution in [2.24, 2.45) is 5.16 Å². The Kier molecular flexibility index (Phi) is 4.44. The highest BCUT2D eigenvalue weighted by atomic mass is 16.6. The summed E-state index contributed by atoms with van der Waals surface area (Å²) in [4.78, 5) is 15.5. The lowest BCUT2D eigenvalue weighted by Gasteiger charge is -2.01. The lowest BCUT2D eigenvalue weighted by Crippen LogP contribution is -1.94. The van der Waals surface area contributed by atoms with Crippen LogP contribution in [0.1, 0.15) is 16.7 Å². The first-order chi connectivity index (χ1) is 9.66. The highest BCUT2D eigenvalue weighted by Crippen LogP contribution is 2.15. The number of rotatable bonds is 5. The van der Waals surface area contributed by atoms with Crippen LogP contribution in [0.25, 0.3) is 0 Å². The van der Waals surface area contributed by atoms with Gasteiger partial charge in [0.1, 0.15) is 6.61 Å². The zero-order valence-corrected chi connectivity index (χ0v) is 11.0. The molecule has 0 amide bonds. The molecule has 0 heterocycles. The summed E-state index contributed by atoms with van der Waals surface area (Å²) in [7, 11) is 0. The van der Waals surface area contributed by atoms with Crippen LogP contribution in [0.5, 0.6) is 0 Å². The fourth-order valence-electron chi connectivity index (χ4n) is 1.77. The smallest absolute Gasteiger partial charge is 0.278 e. The number of nitro groups is 1. The van der Waals surface area contributed by atoms with Crippen molar-refractivity contribution in [3.05, 3.63) is 75.3 Å². The van der Waals surface area contributed by atoms with Crippen LogP contribution in [0.4, 0.5) is 5.69 Å². The highest BCUT2D eigenvalue weighted by Gasteiger charge is 2.09. The van der Waals surface area contributed by atoms with Gasteiger partial charge in [-0.15, -0.1) is 0 Å². The molecule has 0 aromatic heterocycles. The van der Waals surface area contributed by atoms with E-state index in [0.717, 1.165) is 11.1 Å². The molecule has 5 nitrogen and oxygen atoms in total. The average Bonchev–Trinajstić information content (AvgIpc) is 2.44. The molecule has 2 aromatic carbocycles. The molecule has 102 valence electrons. The summed E-state index contributed by atoms with van der Waals surface area (Å²) >= 11 is 0. The van der Waals surface area contributed by atoms with Crippen LogP contribution >= 0.6 is 0 Å². The minimum Gasteiger partial charge on any atom is -0.391 e. The van der Waals surface area contributed by atoms with E-state index < -0.39 is 4.92 Å². The lowest BCUT2D eigenvalue weighted by atomic mass is 10.1. The van der Waals surface area contributed by atoms with E-state index in [1.54, 1.807) is 18.2 Å². The van der Waals surface area contributed by atoms with E-state index >= 15 is 0 Å². The Bertz CT molecular complexity index is 639. The summed E-state index contributed by atoms with van der Waals surface area (Å²) in [5.74, 6) is 0. The van der Waals surface area contributed by atoms with Crippen LogP contribution in [-0.2, 0) is 11.4 Å². The zero-order valence-electron chi connectivity index (χ0n) is 11.0. The Morgan fingerprint density at radius 3 is 2.80 bits per heavy atom. The van der Waals surface area contributed by atoms with E-state index in [-0.39, 0.29) is 5.69 Å². The Labute approximate surface area is 116 Å². The molecule has 2 rings (SSSR count). The van der Waals surface area contributed by atoms with Gasteiger partial charge in [0.05, 0.1) is 16.7 Å². The summed E-state index contributed by atoms with van der Waals surface area (Å²) in [6, 6.07) is 14.3.